The minimum atomic E-state index is -0.771. The fraction of sp³-hybridized carbons (Fsp3) is 1.00. The summed E-state index contributed by atoms with van der Waals surface area (Å²) in [5.74, 6) is 0.345. The average molecular weight is 188 g/mol. The number of hydrogen-bond acceptors (Lipinski definition) is 2. The second-order valence-electron chi connectivity index (χ2n) is 4.29. The van der Waals surface area contributed by atoms with Crippen molar-refractivity contribution >= 4 is 0 Å². The van der Waals surface area contributed by atoms with Crippen LogP contribution < -0.4 is 11.1 Å². The van der Waals surface area contributed by atoms with Gasteiger partial charge in [0.2, 0.25) is 0 Å². The molecule has 3 atom stereocenters. The Morgan fingerprint density at radius 2 is 2.23 bits per heavy atom. The Morgan fingerprint density at radius 3 is 2.62 bits per heavy atom. The molecule has 0 bridgehead atoms. The summed E-state index contributed by atoms with van der Waals surface area (Å²) in [5, 5.41) is 3.20. The summed E-state index contributed by atoms with van der Waals surface area (Å²) in [6, 6.07) is 0.0518. The molecule has 0 amide bonds. The smallest absolute Gasteiger partial charge is 0.120 e. The molecule has 0 aromatic carbocycles. The highest BCUT2D eigenvalue weighted by atomic mass is 19.1. The lowest BCUT2D eigenvalue weighted by Crippen LogP contribution is -2.41. The molecule has 78 valence electrons. The average Bonchev–Trinajstić information content (AvgIpc) is 2.56. The Morgan fingerprint density at radius 1 is 1.54 bits per heavy atom. The molecular formula is C10H21FN2. The summed E-state index contributed by atoms with van der Waals surface area (Å²) in [6.07, 6.45) is 1.29. The topological polar surface area (TPSA) is 38.0 Å². The third-order valence-electron chi connectivity index (χ3n) is 3.02. The standard InChI is InChI=1S/C10H21FN2/c1-7(2)8(6-12)10(11)9-4-3-5-13-9/h7-10,13H,3-6,12H2,1-2H3. The first-order valence-electron chi connectivity index (χ1n) is 5.24. The summed E-state index contributed by atoms with van der Waals surface area (Å²) < 4.78 is 13.9. The van der Waals surface area contributed by atoms with Crippen molar-refractivity contribution in [2.75, 3.05) is 13.1 Å². The number of nitrogens with one attached hydrogen (secondary N) is 1. The van der Waals surface area contributed by atoms with Crippen molar-refractivity contribution < 1.29 is 4.39 Å². The predicted molar refractivity (Wildman–Crippen MR) is 53.3 cm³/mol. The van der Waals surface area contributed by atoms with Gasteiger partial charge < -0.3 is 11.1 Å². The van der Waals surface area contributed by atoms with E-state index in [9.17, 15) is 4.39 Å². The van der Waals surface area contributed by atoms with Gasteiger partial charge in [-0.3, -0.25) is 0 Å². The highest BCUT2D eigenvalue weighted by molar-refractivity contribution is 4.87. The van der Waals surface area contributed by atoms with Crippen molar-refractivity contribution in [2.45, 2.75) is 38.9 Å². The van der Waals surface area contributed by atoms with Crippen molar-refractivity contribution in [3.05, 3.63) is 0 Å². The van der Waals surface area contributed by atoms with E-state index in [1.54, 1.807) is 0 Å². The van der Waals surface area contributed by atoms with Crippen molar-refractivity contribution in [1.82, 2.24) is 5.32 Å². The van der Waals surface area contributed by atoms with Crippen LogP contribution in [0.3, 0.4) is 0 Å². The molecule has 1 saturated heterocycles. The summed E-state index contributed by atoms with van der Waals surface area (Å²) in [7, 11) is 0. The predicted octanol–water partition coefficient (Wildman–Crippen LogP) is 1.31. The lowest BCUT2D eigenvalue weighted by molar-refractivity contribution is 0.147. The molecule has 3 heteroatoms. The summed E-state index contributed by atoms with van der Waals surface area (Å²) >= 11 is 0. The number of halogens is 1. The first kappa shape index (κ1) is 10.9. The zero-order valence-corrected chi connectivity index (χ0v) is 8.59. The van der Waals surface area contributed by atoms with Gasteiger partial charge in [-0.1, -0.05) is 13.8 Å². The maximum atomic E-state index is 13.9. The van der Waals surface area contributed by atoms with E-state index >= 15 is 0 Å². The molecule has 0 saturated carbocycles. The molecule has 3 N–H and O–H groups in total. The molecule has 2 nitrogen and oxygen atoms in total. The second-order valence-corrected chi connectivity index (χ2v) is 4.29. The minimum Gasteiger partial charge on any atom is -0.330 e. The van der Waals surface area contributed by atoms with Gasteiger partial charge in [-0.25, -0.2) is 4.39 Å². The van der Waals surface area contributed by atoms with E-state index in [-0.39, 0.29) is 12.0 Å². The number of rotatable bonds is 4. The van der Waals surface area contributed by atoms with Gasteiger partial charge >= 0.3 is 0 Å². The van der Waals surface area contributed by atoms with Crippen LogP contribution in [0, 0.1) is 11.8 Å². The summed E-state index contributed by atoms with van der Waals surface area (Å²) in [5.41, 5.74) is 5.57. The largest absolute Gasteiger partial charge is 0.330 e. The van der Waals surface area contributed by atoms with Gasteiger partial charge in [0.15, 0.2) is 0 Å². The maximum Gasteiger partial charge on any atom is 0.120 e. The van der Waals surface area contributed by atoms with Crippen LogP contribution in [0.5, 0.6) is 0 Å². The van der Waals surface area contributed by atoms with Crippen LogP contribution >= 0.6 is 0 Å². The first-order chi connectivity index (χ1) is 6.16. The zero-order chi connectivity index (χ0) is 9.84. The SMILES string of the molecule is CC(C)C(CN)C(F)C1CCCN1. The number of nitrogens with two attached hydrogens (primary N) is 1. The molecule has 1 aliphatic heterocycles. The van der Waals surface area contributed by atoms with Crippen molar-refractivity contribution in [3.8, 4) is 0 Å². The van der Waals surface area contributed by atoms with Gasteiger partial charge in [-0.2, -0.15) is 0 Å². The highest BCUT2D eigenvalue weighted by Gasteiger charge is 2.32. The fourth-order valence-corrected chi connectivity index (χ4v) is 2.05. The van der Waals surface area contributed by atoms with Crippen LogP contribution in [0.25, 0.3) is 0 Å². The number of hydrogen-bond donors (Lipinski definition) is 2. The third kappa shape index (κ3) is 2.64. The Hall–Kier alpha value is -0.150. The van der Waals surface area contributed by atoms with Gasteiger partial charge in [0.25, 0.3) is 0 Å². The monoisotopic (exact) mass is 188 g/mol. The van der Waals surface area contributed by atoms with Crippen LogP contribution in [-0.4, -0.2) is 25.3 Å². The van der Waals surface area contributed by atoms with Gasteiger partial charge in [-0.05, 0) is 31.8 Å². The normalized spacial score (nSPS) is 27.9. The maximum absolute atomic E-state index is 13.9. The Labute approximate surface area is 80.1 Å². The highest BCUT2D eigenvalue weighted by Crippen LogP contribution is 2.23. The Bertz CT molecular complexity index is 144. The van der Waals surface area contributed by atoms with Crippen LogP contribution in [-0.2, 0) is 0 Å². The Kier molecular flexibility index (Phi) is 4.13. The van der Waals surface area contributed by atoms with E-state index in [1.165, 1.54) is 0 Å². The summed E-state index contributed by atoms with van der Waals surface area (Å²) in [4.78, 5) is 0. The third-order valence-corrected chi connectivity index (χ3v) is 3.02. The molecule has 13 heavy (non-hydrogen) atoms. The number of alkyl halides is 1. The van der Waals surface area contributed by atoms with Crippen LogP contribution in [0.15, 0.2) is 0 Å². The second kappa shape index (κ2) is 4.91. The quantitative estimate of drug-likeness (QED) is 0.698. The van der Waals surface area contributed by atoms with E-state index in [4.69, 9.17) is 5.73 Å². The molecular weight excluding hydrogens is 167 g/mol. The van der Waals surface area contributed by atoms with Gasteiger partial charge in [0, 0.05) is 12.0 Å². The van der Waals surface area contributed by atoms with Gasteiger partial charge in [0.1, 0.15) is 6.17 Å². The Balaban J connectivity index is 2.46. The van der Waals surface area contributed by atoms with Crippen molar-refractivity contribution in [3.63, 3.8) is 0 Å². The van der Waals surface area contributed by atoms with E-state index in [2.05, 4.69) is 5.32 Å². The summed E-state index contributed by atoms with van der Waals surface area (Å²) in [6.45, 7) is 5.50. The van der Waals surface area contributed by atoms with E-state index in [0.29, 0.717) is 12.5 Å². The lowest BCUT2D eigenvalue weighted by Gasteiger charge is -2.27. The fourth-order valence-electron chi connectivity index (χ4n) is 2.05. The molecule has 1 aliphatic rings. The van der Waals surface area contributed by atoms with E-state index in [1.807, 2.05) is 13.8 Å². The van der Waals surface area contributed by atoms with Gasteiger partial charge in [0.05, 0.1) is 0 Å². The minimum absolute atomic E-state index is 0.00981. The molecule has 0 aromatic heterocycles. The molecule has 3 unspecified atom stereocenters. The van der Waals surface area contributed by atoms with Crippen LogP contribution in [0.2, 0.25) is 0 Å². The molecule has 1 heterocycles. The van der Waals surface area contributed by atoms with E-state index < -0.39 is 6.17 Å². The zero-order valence-electron chi connectivity index (χ0n) is 8.59. The molecule has 1 fully saturated rings. The van der Waals surface area contributed by atoms with Crippen molar-refractivity contribution in [1.29, 1.82) is 0 Å². The molecule has 1 rings (SSSR count). The molecule has 0 aliphatic carbocycles. The van der Waals surface area contributed by atoms with Crippen molar-refractivity contribution in [2.24, 2.45) is 17.6 Å². The first-order valence-corrected chi connectivity index (χ1v) is 5.24. The molecule has 0 aromatic rings. The van der Waals surface area contributed by atoms with Crippen LogP contribution in [0.4, 0.5) is 4.39 Å². The lowest BCUT2D eigenvalue weighted by atomic mass is 9.87. The molecule has 0 radical (unpaired) electrons. The van der Waals surface area contributed by atoms with Gasteiger partial charge in [-0.15, -0.1) is 0 Å². The van der Waals surface area contributed by atoms with E-state index in [0.717, 1.165) is 19.4 Å². The van der Waals surface area contributed by atoms with Crippen LogP contribution in [0.1, 0.15) is 26.7 Å². The molecule has 0 spiro atoms.